The summed E-state index contributed by atoms with van der Waals surface area (Å²) in [5, 5.41) is 0. The van der Waals surface area contributed by atoms with E-state index >= 15 is 0 Å². The van der Waals surface area contributed by atoms with Gasteiger partial charge in [-0.1, -0.05) is 27.7 Å². The summed E-state index contributed by atoms with van der Waals surface area (Å²) >= 11 is 0. The van der Waals surface area contributed by atoms with Crippen LogP contribution in [0.5, 0.6) is 0 Å². The van der Waals surface area contributed by atoms with Crippen LogP contribution in [0.4, 0.5) is 4.39 Å². The Kier molecular flexibility index (Phi) is 5.62. The lowest BCUT2D eigenvalue weighted by molar-refractivity contribution is -0.142. The molecule has 24 heavy (non-hydrogen) atoms. The highest BCUT2D eigenvalue weighted by Gasteiger charge is 2.35. The second-order valence-electron chi connectivity index (χ2n) is 7.32. The molecule has 2 rings (SSSR count). The Morgan fingerprint density at radius 1 is 1.00 bits per heavy atom. The summed E-state index contributed by atoms with van der Waals surface area (Å²) in [7, 11) is 0. The monoisotopic (exact) mass is 334 g/mol. The molecule has 5 heteroatoms. The van der Waals surface area contributed by atoms with Crippen molar-refractivity contribution in [1.82, 2.24) is 9.80 Å². The highest BCUT2D eigenvalue weighted by molar-refractivity contribution is 5.94. The lowest BCUT2D eigenvalue weighted by atomic mass is 9.80. The predicted octanol–water partition coefficient (Wildman–Crippen LogP) is 3.18. The predicted molar refractivity (Wildman–Crippen MR) is 92.1 cm³/mol. The maximum absolute atomic E-state index is 13.0. The van der Waals surface area contributed by atoms with Gasteiger partial charge in [-0.05, 0) is 36.6 Å². The van der Waals surface area contributed by atoms with Crippen molar-refractivity contribution in [3.05, 3.63) is 35.6 Å². The molecule has 1 aromatic rings. The van der Waals surface area contributed by atoms with Gasteiger partial charge in [0, 0.05) is 37.2 Å². The quantitative estimate of drug-likeness (QED) is 0.852. The fraction of sp³-hybridized carbons (Fsp3) is 0.579. The number of nitrogens with zero attached hydrogens (tertiary/aromatic N) is 2. The molecule has 1 aliphatic rings. The molecule has 2 amide bonds. The summed E-state index contributed by atoms with van der Waals surface area (Å²) in [5.41, 5.74) is 0.0783. The molecule has 1 fully saturated rings. The third-order valence-electron chi connectivity index (χ3n) is 5.16. The molecule has 132 valence electrons. The van der Waals surface area contributed by atoms with Gasteiger partial charge < -0.3 is 9.80 Å². The number of amides is 2. The Morgan fingerprint density at radius 3 is 2.12 bits per heavy atom. The van der Waals surface area contributed by atoms with Gasteiger partial charge >= 0.3 is 0 Å². The Bertz CT molecular complexity index is 596. The zero-order valence-electron chi connectivity index (χ0n) is 15.0. The summed E-state index contributed by atoms with van der Waals surface area (Å²) in [4.78, 5) is 29.0. The average Bonchev–Trinajstić information content (AvgIpc) is 2.80. The number of hydrogen-bond donors (Lipinski definition) is 0. The minimum atomic E-state index is -0.407. The molecule has 0 unspecified atom stereocenters. The van der Waals surface area contributed by atoms with Gasteiger partial charge in [-0.25, -0.2) is 4.39 Å². The van der Waals surface area contributed by atoms with Gasteiger partial charge in [0.25, 0.3) is 5.91 Å². The molecule has 0 aromatic heterocycles. The van der Waals surface area contributed by atoms with Crippen molar-refractivity contribution < 1.29 is 14.0 Å². The van der Waals surface area contributed by atoms with Crippen LogP contribution in [-0.4, -0.2) is 47.8 Å². The van der Waals surface area contributed by atoms with Crippen molar-refractivity contribution in [3.8, 4) is 0 Å². The molecular formula is C19H27FN2O2. The van der Waals surface area contributed by atoms with E-state index < -0.39 is 5.41 Å². The fourth-order valence-electron chi connectivity index (χ4n) is 2.75. The number of carbonyl (C=O) groups is 2. The molecule has 4 nitrogen and oxygen atoms in total. The van der Waals surface area contributed by atoms with E-state index in [0.717, 1.165) is 6.42 Å². The van der Waals surface area contributed by atoms with Gasteiger partial charge in [0.05, 0.1) is 0 Å². The molecule has 0 aliphatic carbocycles. The smallest absolute Gasteiger partial charge is 0.253 e. The molecule has 1 aromatic carbocycles. The van der Waals surface area contributed by atoms with Crippen LogP contribution < -0.4 is 0 Å². The van der Waals surface area contributed by atoms with Gasteiger partial charge in [-0.3, -0.25) is 9.59 Å². The van der Waals surface area contributed by atoms with Crippen LogP contribution in [0.15, 0.2) is 24.3 Å². The number of carbonyl (C=O) groups excluding carboxylic acids is 2. The van der Waals surface area contributed by atoms with Gasteiger partial charge in [-0.2, -0.15) is 0 Å². The SMILES string of the molecule is CC(C)C(C)(C)C(=O)N1CCCN(C(=O)c2ccc(F)cc2)CC1. The van der Waals surface area contributed by atoms with E-state index in [-0.39, 0.29) is 23.5 Å². The Morgan fingerprint density at radius 2 is 1.54 bits per heavy atom. The third kappa shape index (κ3) is 3.94. The maximum atomic E-state index is 13.0. The zero-order valence-corrected chi connectivity index (χ0v) is 15.0. The summed E-state index contributed by atoms with van der Waals surface area (Å²) < 4.78 is 13.0. The van der Waals surface area contributed by atoms with E-state index in [0.29, 0.717) is 31.7 Å². The Balaban J connectivity index is 2.03. The van der Waals surface area contributed by atoms with Crippen molar-refractivity contribution in [2.45, 2.75) is 34.1 Å². The number of rotatable bonds is 3. The fourth-order valence-corrected chi connectivity index (χ4v) is 2.75. The van der Waals surface area contributed by atoms with Gasteiger partial charge in [0.15, 0.2) is 0 Å². The Hall–Kier alpha value is -1.91. The van der Waals surface area contributed by atoms with Crippen molar-refractivity contribution >= 4 is 11.8 Å². The first-order valence-electron chi connectivity index (χ1n) is 8.57. The van der Waals surface area contributed by atoms with E-state index in [9.17, 15) is 14.0 Å². The lowest BCUT2D eigenvalue weighted by Crippen LogP contribution is -2.45. The maximum Gasteiger partial charge on any atom is 0.253 e. The minimum Gasteiger partial charge on any atom is -0.340 e. The van der Waals surface area contributed by atoms with Gasteiger partial charge in [-0.15, -0.1) is 0 Å². The first-order valence-corrected chi connectivity index (χ1v) is 8.57. The molecule has 1 saturated heterocycles. The second kappa shape index (κ2) is 7.32. The van der Waals surface area contributed by atoms with E-state index in [2.05, 4.69) is 13.8 Å². The van der Waals surface area contributed by atoms with Crippen LogP contribution in [-0.2, 0) is 4.79 Å². The Labute approximate surface area is 143 Å². The molecule has 0 N–H and O–H groups in total. The first kappa shape index (κ1) is 18.4. The van der Waals surface area contributed by atoms with E-state index in [1.807, 2.05) is 18.7 Å². The topological polar surface area (TPSA) is 40.6 Å². The van der Waals surface area contributed by atoms with Crippen LogP contribution >= 0.6 is 0 Å². The average molecular weight is 334 g/mol. The van der Waals surface area contributed by atoms with Crippen LogP contribution in [0.25, 0.3) is 0 Å². The van der Waals surface area contributed by atoms with Crippen molar-refractivity contribution in [2.75, 3.05) is 26.2 Å². The van der Waals surface area contributed by atoms with Gasteiger partial charge in [0.1, 0.15) is 5.82 Å². The molecule has 0 spiro atoms. The molecule has 0 radical (unpaired) electrons. The van der Waals surface area contributed by atoms with Crippen LogP contribution in [0.1, 0.15) is 44.5 Å². The number of hydrogen-bond acceptors (Lipinski definition) is 2. The highest BCUT2D eigenvalue weighted by atomic mass is 19.1. The highest BCUT2D eigenvalue weighted by Crippen LogP contribution is 2.29. The molecule has 1 aliphatic heterocycles. The van der Waals surface area contributed by atoms with E-state index in [4.69, 9.17) is 0 Å². The first-order chi connectivity index (χ1) is 11.2. The summed E-state index contributed by atoms with van der Waals surface area (Å²) in [6, 6.07) is 5.61. The van der Waals surface area contributed by atoms with Crippen molar-refractivity contribution in [3.63, 3.8) is 0 Å². The molecule has 0 bridgehead atoms. The third-order valence-corrected chi connectivity index (χ3v) is 5.16. The van der Waals surface area contributed by atoms with E-state index in [1.165, 1.54) is 24.3 Å². The molecular weight excluding hydrogens is 307 g/mol. The summed E-state index contributed by atoms with van der Waals surface area (Å²) in [6.07, 6.45) is 0.757. The largest absolute Gasteiger partial charge is 0.340 e. The summed E-state index contributed by atoms with van der Waals surface area (Å²) in [6.45, 7) is 10.4. The van der Waals surface area contributed by atoms with Crippen molar-refractivity contribution in [1.29, 1.82) is 0 Å². The standard InChI is InChI=1S/C19H27FN2O2/c1-14(2)19(3,4)18(24)22-11-5-10-21(12-13-22)17(23)15-6-8-16(20)9-7-15/h6-9,14H,5,10-13H2,1-4H3. The second-order valence-corrected chi connectivity index (χ2v) is 7.32. The molecule has 0 saturated carbocycles. The minimum absolute atomic E-state index is 0.104. The zero-order chi connectivity index (χ0) is 17.9. The van der Waals surface area contributed by atoms with Crippen LogP contribution in [0, 0.1) is 17.2 Å². The molecule has 0 atom stereocenters. The van der Waals surface area contributed by atoms with Gasteiger partial charge in [0.2, 0.25) is 5.91 Å². The number of halogens is 1. The van der Waals surface area contributed by atoms with E-state index in [1.54, 1.807) is 4.90 Å². The lowest BCUT2D eigenvalue weighted by Gasteiger charge is -2.34. The molecule has 1 heterocycles. The normalized spacial score (nSPS) is 16.2. The van der Waals surface area contributed by atoms with Crippen LogP contribution in [0.3, 0.4) is 0 Å². The van der Waals surface area contributed by atoms with Crippen LogP contribution in [0.2, 0.25) is 0 Å². The summed E-state index contributed by atoms with van der Waals surface area (Å²) in [5.74, 6) is -0.0543. The number of benzene rings is 1. The van der Waals surface area contributed by atoms with Crippen molar-refractivity contribution in [2.24, 2.45) is 11.3 Å².